The van der Waals surface area contributed by atoms with Crippen LogP contribution < -0.4 is 10.6 Å². The molecule has 1 aliphatic heterocycles. The molecule has 2 rings (SSSR count). The van der Waals surface area contributed by atoms with Gasteiger partial charge in [-0.05, 0) is 57.4 Å². The quantitative estimate of drug-likeness (QED) is 0.169. The second kappa shape index (κ2) is 24.9. The molecule has 3 unspecified atom stereocenters. The molecule has 9 atom stereocenters. The zero-order valence-corrected chi connectivity index (χ0v) is 37.9. The van der Waals surface area contributed by atoms with Crippen LogP contribution in [0.25, 0.3) is 0 Å². The molecule has 1 heterocycles. The summed E-state index contributed by atoms with van der Waals surface area (Å²) in [5.41, 5.74) is 0.847. The van der Waals surface area contributed by atoms with Crippen molar-refractivity contribution in [1.29, 1.82) is 0 Å². The number of hydrogen-bond acceptors (Lipinski definition) is 10. The third-order valence-electron chi connectivity index (χ3n) is 11.4. The minimum Gasteiger partial charge on any atom is -0.460 e. The summed E-state index contributed by atoms with van der Waals surface area (Å²) in [5.74, 6) is -3.25. The van der Waals surface area contributed by atoms with Crippen LogP contribution in [0.2, 0.25) is 0 Å². The van der Waals surface area contributed by atoms with Gasteiger partial charge in [0.1, 0.15) is 30.3 Å². The van der Waals surface area contributed by atoms with Crippen LogP contribution in [0.3, 0.4) is 0 Å². The summed E-state index contributed by atoms with van der Waals surface area (Å²) >= 11 is 0. The number of nitrogens with one attached hydrogen (secondary N) is 2. The molecule has 0 bridgehead atoms. The number of unbranched alkanes of at least 4 members (excludes halogenated alkanes) is 1. The van der Waals surface area contributed by atoms with Crippen molar-refractivity contribution in [2.45, 2.75) is 143 Å². The van der Waals surface area contributed by atoms with Crippen LogP contribution in [-0.2, 0) is 49.5 Å². The number of rotatable bonds is 11. The fourth-order valence-corrected chi connectivity index (χ4v) is 6.85. The molecule has 0 aromatic heterocycles. The monoisotopic (exact) mass is 852 g/mol. The van der Waals surface area contributed by atoms with Gasteiger partial charge in [0.15, 0.2) is 6.10 Å². The zero-order valence-electron chi connectivity index (χ0n) is 37.9. The molecule has 0 radical (unpaired) electrons. The second-order valence-corrected chi connectivity index (χ2v) is 16.8. The summed E-state index contributed by atoms with van der Waals surface area (Å²) in [4.78, 5) is 100. The van der Waals surface area contributed by atoms with E-state index in [1.165, 1.54) is 62.7 Å². The Morgan fingerprint density at radius 1 is 0.902 bits per heavy atom. The summed E-state index contributed by atoms with van der Waals surface area (Å²) in [5, 5.41) is 16.5. The average Bonchev–Trinajstić information content (AvgIpc) is 3.23. The van der Waals surface area contributed by atoms with Gasteiger partial charge in [-0.3, -0.25) is 24.0 Å². The first kappa shape index (κ1) is 51.9. The topological polar surface area (TPSA) is 192 Å². The van der Waals surface area contributed by atoms with E-state index in [1.807, 2.05) is 26.8 Å². The molecular formula is C46H69N5O10. The van der Waals surface area contributed by atoms with E-state index >= 15 is 0 Å². The van der Waals surface area contributed by atoms with Crippen LogP contribution in [0, 0.1) is 30.1 Å². The highest BCUT2D eigenvalue weighted by Gasteiger charge is 2.38. The van der Waals surface area contributed by atoms with Gasteiger partial charge in [-0.2, -0.15) is 0 Å². The fourth-order valence-electron chi connectivity index (χ4n) is 6.85. The van der Waals surface area contributed by atoms with Crippen molar-refractivity contribution >= 4 is 41.5 Å². The van der Waals surface area contributed by atoms with E-state index in [0.29, 0.717) is 25.7 Å². The second-order valence-electron chi connectivity index (χ2n) is 16.8. The Balaban J connectivity index is 2.67. The van der Waals surface area contributed by atoms with E-state index in [-0.39, 0.29) is 36.7 Å². The largest absolute Gasteiger partial charge is 0.460 e. The standard InChI is InChI=1S/C46H69N5O10/c1-13-15-17-22-36(52)31(7)37-24-23-30(6)45(58)61-38(25-28(3)4)41(54)47-32(8)42(55)51(12)35(26-34-20-18-16-19-21-34)43(56)49(10)27-39(53)48-40(29(5)14-2)44(57)50(11)33(9)46(59)60-37/h1,16,18-21,23,28-29,31-33,35-38,40,52H,14-15,17,22,24-27H2,2-12H3,(H,47,54)(H,48,53)/b30-23-/t29?,31-,32+,33+,35?,36-,37-,38-,40?/m1/s1. The summed E-state index contributed by atoms with van der Waals surface area (Å²) in [7, 11) is 4.29. The Morgan fingerprint density at radius 2 is 1.54 bits per heavy atom. The number of terminal acetylenes is 1. The predicted octanol–water partition coefficient (Wildman–Crippen LogP) is 3.42. The zero-order chi connectivity index (χ0) is 46.1. The molecule has 1 aromatic rings. The average molecular weight is 852 g/mol. The number of nitrogens with zero attached hydrogens (tertiary/aromatic N) is 3. The maximum atomic E-state index is 14.2. The molecule has 0 aliphatic carbocycles. The van der Waals surface area contributed by atoms with Crippen molar-refractivity contribution < 1.29 is 48.1 Å². The highest BCUT2D eigenvalue weighted by atomic mass is 16.6. The molecular weight excluding hydrogens is 783 g/mol. The maximum Gasteiger partial charge on any atom is 0.334 e. The number of carbonyl (C=O) groups is 7. The summed E-state index contributed by atoms with van der Waals surface area (Å²) in [6.07, 6.45) is 5.71. The number of aliphatic hydroxyl groups is 1. The minimum absolute atomic E-state index is 0.0225. The number of cyclic esters (lactones) is 2. The normalized spacial score (nSPS) is 26.2. The van der Waals surface area contributed by atoms with E-state index in [9.17, 15) is 38.7 Å². The highest BCUT2D eigenvalue weighted by Crippen LogP contribution is 2.23. The third-order valence-corrected chi connectivity index (χ3v) is 11.4. The Kier molecular flexibility index (Phi) is 21.2. The first-order valence-electron chi connectivity index (χ1n) is 21.3. The molecule has 1 aromatic carbocycles. The van der Waals surface area contributed by atoms with E-state index in [0.717, 1.165) is 5.56 Å². The first-order chi connectivity index (χ1) is 28.6. The molecule has 0 fully saturated rings. The van der Waals surface area contributed by atoms with Gasteiger partial charge in [-0.15, -0.1) is 12.3 Å². The van der Waals surface area contributed by atoms with Gasteiger partial charge in [0.2, 0.25) is 23.6 Å². The molecule has 61 heavy (non-hydrogen) atoms. The summed E-state index contributed by atoms with van der Waals surface area (Å²) in [6, 6.07) is 4.55. The molecule has 0 saturated carbocycles. The molecule has 338 valence electrons. The molecule has 15 heteroatoms. The number of amides is 5. The first-order valence-corrected chi connectivity index (χ1v) is 21.3. The van der Waals surface area contributed by atoms with Gasteiger partial charge in [-0.1, -0.05) is 77.4 Å². The molecule has 3 N–H and O–H groups in total. The van der Waals surface area contributed by atoms with Crippen LogP contribution >= 0.6 is 0 Å². The lowest BCUT2D eigenvalue weighted by molar-refractivity contribution is -0.162. The smallest absolute Gasteiger partial charge is 0.334 e. The van der Waals surface area contributed by atoms with E-state index in [2.05, 4.69) is 16.6 Å². The Hall–Kier alpha value is -5.23. The van der Waals surface area contributed by atoms with Crippen LogP contribution in [0.4, 0.5) is 0 Å². The molecule has 0 spiro atoms. The number of benzene rings is 1. The van der Waals surface area contributed by atoms with Gasteiger partial charge >= 0.3 is 11.9 Å². The molecule has 15 nitrogen and oxygen atoms in total. The highest BCUT2D eigenvalue weighted by molar-refractivity contribution is 5.96. The Labute approximate surface area is 362 Å². The molecule has 0 saturated heterocycles. The predicted molar refractivity (Wildman–Crippen MR) is 231 cm³/mol. The van der Waals surface area contributed by atoms with Crippen molar-refractivity contribution in [3.05, 3.63) is 47.5 Å². The van der Waals surface area contributed by atoms with Crippen molar-refractivity contribution in [2.24, 2.45) is 17.8 Å². The number of ether oxygens (including phenoxy) is 2. The third kappa shape index (κ3) is 15.6. The number of hydrogen-bond donors (Lipinski definition) is 3. The van der Waals surface area contributed by atoms with Gasteiger partial charge < -0.3 is 39.9 Å². The van der Waals surface area contributed by atoms with Crippen molar-refractivity contribution in [3.8, 4) is 12.3 Å². The minimum atomic E-state index is -1.29. The van der Waals surface area contributed by atoms with Gasteiger partial charge in [0, 0.05) is 51.9 Å². The van der Waals surface area contributed by atoms with Crippen molar-refractivity contribution in [3.63, 3.8) is 0 Å². The van der Waals surface area contributed by atoms with Gasteiger partial charge in [-0.25, -0.2) is 9.59 Å². The van der Waals surface area contributed by atoms with E-state index in [1.54, 1.807) is 38.1 Å². The van der Waals surface area contributed by atoms with Gasteiger partial charge in [0.05, 0.1) is 12.6 Å². The lowest BCUT2D eigenvalue weighted by atomic mass is 9.91. The van der Waals surface area contributed by atoms with Crippen molar-refractivity contribution in [1.82, 2.24) is 25.3 Å². The van der Waals surface area contributed by atoms with Crippen LogP contribution in [-0.4, -0.2) is 131 Å². The lowest BCUT2D eigenvalue weighted by Gasteiger charge is -2.34. The number of esters is 2. The Morgan fingerprint density at radius 3 is 2.13 bits per heavy atom. The number of aliphatic hydroxyl groups excluding tert-OH is 1. The van der Waals surface area contributed by atoms with E-state index in [4.69, 9.17) is 15.9 Å². The van der Waals surface area contributed by atoms with Crippen molar-refractivity contribution in [2.75, 3.05) is 27.7 Å². The van der Waals surface area contributed by atoms with Crippen LogP contribution in [0.1, 0.15) is 99.5 Å². The summed E-state index contributed by atoms with van der Waals surface area (Å²) in [6.45, 7) is 13.0. The van der Waals surface area contributed by atoms with Crippen LogP contribution in [0.15, 0.2) is 42.0 Å². The SMILES string of the molecule is C#CCCC[C@@H](O)[C@@H](C)[C@H]1C/C=C(/C)C(=O)O[C@H](CC(C)C)C(=O)N[C@@H](C)C(=O)N(C)C(Cc2ccccc2)C(=O)N(C)CC(=O)NC(C(C)CC)C(=O)N(C)[C@@H](C)C(=O)O1. The van der Waals surface area contributed by atoms with Crippen LogP contribution in [0.5, 0.6) is 0 Å². The molecule has 5 amide bonds. The maximum absolute atomic E-state index is 14.2. The lowest BCUT2D eigenvalue weighted by Crippen LogP contribution is -2.58. The van der Waals surface area contributed by atoms with Gasteiger partial charge in [0.25, 0.3) is 5.91 Å². The Bertz CT molecular complexity index is 1740. The summed E-state index contributed by atoms with van der Waals surface area (Å²) < 4.78 is 11.7. The number of likely N-dealkylation sites (N-methyl/N-ethyl adjacent to an activating group) is 3. The van der Waals surface area contributed by atoms with E-state index < -0.39 is 96.4 Å². The number of carbonyl (C=O) groups excluding carboxylic acids is 7. The molecule has 1 aliphatic rings. The fraction of sp³-hybridized carbons (Fsp3) is 0.630.